The van der Waals surface area contributed by atoms with Gasteiger partial charge in [-0.1, -0.05) is 44.2 Å². The molecule has 0 saturated heterocycles. The fourth-order valence-electron chi connectivity index (χ4n) is 2.14. The first-order valence-corrected chi connectivity index (χ1v) is 9.82. The van der Waals surface area contributed by atoms with Crippen LogP contribution in [0, 0.1) is 5.92 Å². The zero-order valence-electron chi connectivity index (χ0n) is 14.9. The van der Waals surface area contributed by atoms with E-state index in [4.69, 9.17) is 9.26 Å². The summed E-state index contributed by atoms with van der Waals surface area (Å²) in [5, 5.41) is 2.72. The van der Waals surface area contributed by atoms with E-state index in [9.17, 15) is 9.36 Å². The highest BCUT2D eigenvalue weighted by atomic mass is 31.2. The average Bonchev–Trinajstić information content (AvgIpc) is 2.57. The molecule has 6 nitrogen and oxygen atoms in total. The number of ether oxygens (including phenoxy) is 2. The van der Waals surface area contributed by atoms with Gasteiger partial charge in [-0.05, 0) is 24.8 Å². The predicted molar refractivity (Wildman–Crippen MR) is 93.7 cm³/mol. The highest BCUT2D eigenvalue weighted by Gasteiger charge is 2.36. The van der Waals surface area contributed by atoms with Crippen molar-refractivity contribution in [2.45, 2.75) is 39.6 Å². The van der Waals surface area contributed by atoms with Gasteiger partial charge >= 0.3 is 5.97 Å². The van der Waals surface area contributed by atoms with Gasteiger partial charge in [-0.15, -0.1) is 0 Å². The molecule has 0 aliphatic rings. The number of carbonyl (C=O) groups is 1. The van der Waals surface area contributed by atoms with Crippen LogP contribution >= 0.6 is 7.52 Å². The number of esters is 1. The molecule has 136 valence electrons. The van der Waals surface area contributed by atoms with Gasteiger partial charge in [-0.2, -0.15) is 0 Å². The quantitative estimate of drug-likeness (QED) is 0.482. The van der Waals surface area contributed by atoms with Gasteiger partial charge < -0.3 is 14.0 Å². The highest BCUT2D eigenvalue weighted by molar-refractivity contribution is 7.57. The Hall–Kier alpha value is -1.20. The van der Waals surface area contributed by atoms with Crippen molar-refractivity contribution in [3.8, 4) is 0 Å². The maximum Gasteiger partial charge on any atom is 0.320 e. The molecule has 1 rings (SSSR count). The van der Waals surface area contributed by atoms with Crippen LogP contribution in [0.15, 0.2) is 30.3 Å². The Bertz CT molecular complexity index is 535. The Labute approximate surface area is 144 Å². The van der Waals surface area contributed by atoms with Gasteiger partial charge in [0.05, 0.1) is 20.3 Å². The van der Waals surface area contributed by atoms with Gasteiger partial charge in [0.15, 0.2) is 0 Å². The first kappa shape index (κ1) is 20.8. The summed E-state index contributed by atoms with van der Waals surface area (Å²) < 4.78 is 29.2. The van der Waals surface area contributed by atoms with Crippen molar-refractivity contribution in [3.63, 3.8) is 0 Å². The summed E-state index contributed by atoms with van der Waals surface area (Å²) in [6, 6.07) is 9.67. The van der Waals surface area contributed by atoms with Crippen LogP contribution in [-0.4, -0.2) is 32.1 Å². The molecule has 0 heterocycles. The van der Waals surface area contributed by atoms with Gasteiger partial charge in [0, 0.05) is 0 Å². The molecule has 0 aliphatic carbocycles. The van der Waals surface area contributed by atoms with Crippen LogP contribution in [0.4, 0.5) is 0 Å². The summed E-state index contributed by atoms with van der Waals surface area (Å²) in [5.74, 6) is -0.872. The number of rotatable bonds is 11. The fourth-order valence-corrected chi connectivity index (χ4v) is 4.31. The third-order valence-electron chi connectivity index (χ3n) is 3.33. The van der Waals surface area contributed by atoms with Crippen molar-refractivity contribution in [2.24, 2.45) is 5.92 Å². The molecule has 24 heavy (non-hydrogen) atoms. The number of hydrogen-bond donors (Lipinski definition) is 1. The molecule has 0 aromatic heterocycles. The molecule has 0 bridgehead atoms. The molecule has 2 unspecified atom stereocenters. The Morgan fingerprint density at radius 2 is 1.92 bits per heavy atom. The van der Waals surface area contributed by atoms with Gasteiger partial charge in [-0.3, -0.25) is 9.36 Å². The van der Waals surface area contributed by atoms with E-state index in [1.54, 1.807) is 6.92 Å². The summed E-state index contributed by atoms with van der Waals surface area (Å²) in [7, 11) is -2.08. The van der Waals surface area contributed by atoms with Crippen LogP contribution in [0.3, 0.4) is 0 Å². The van der Waals surface area contributed by atoms with Crippen molar-refractivity contribution >= 4 is 13.5 Å². The normalized spacial score (nSPS) is 15.0. The number of nitrogens with one attached hydrogen (secondary N) is 1. The highest BCUT2D eigenvalue weighted by Crippen LogP contribution is 2.50. The lowest BCUT2D eigenvalue weighted by atomic mass is 10.1. The van der Waals surface area contributed by atoms with Crippen LogP contribution in [0.25, 0.3) is 0 Å². The number of hydrogen-bond acceptors (Lipinski definition) is 5. The SMILES string of the molecule is CCOP(=O)(NCC(=O)OC)C(CC(C)C)OCc1ccccc1. The van der Waals surface area contributed by atoms with Crippen molar-refractivity contribution < 1.29 is 23.4 Å². The molecule has 1 aromatic carbocycles. The Morgan fingerprint density at radius 3 is 2.46 bits per heavy atom. The van der Waals surface area contributed by atoms with Crippen molar-refractivity contribution in [1.82, 2.24) is 5.09 Å². The minimum absolute atomic E-state index is 0.183. The summed E-state index contributed by atoms with van der Waals surface area (Å²) in [5.41, 5.74) is 0.988. The second-order valence-electron chi connectivity index (χ2n) is 5.81. The maximum atomic E-state index is 13.2. The molecular weight excluding hydrogens is 329 g/mol. The van der Waals surface area contributed by atoms with Crippen LogP contribution in [0.2, 0.25) is 0 Å². The lowest BCUT2D eigenvalue weighted by molar-refractivity contribution is -0.139. The standard InChI is InChI=1S/C17H28NO5P/c1-5-23-24(20,18-12-16(19)21-4)17(11-14(2)3)22-13-15-9-7-6-8-10-15/h6-10,14,17H,5,11-13H2,1-4H3,(H,18,20). The van der Waals surface area contributed by atoms with E-state index in [0.29, 0.717) is 13.0 Å². The maximum absolute atomic E-state index is 13.2. The largest absolute Gasteiger partial charge is 0.468 e. The molecule has 1 N–H and O–H groups in total. The van der Waals surface area contributed by atoms with Gasteiger partial charge in [0.1, 0.15) is 12.4 Å². The van der Waals surface area contributed by atoms with Crippen LogP contribution < -0.4 is 5.09 Å². The van der Waals surface area contributed by atoms with Crippen LogP contribution in [0.1, 0.15) is 32.8 Å². The number of benzene rings is 1. The van der Waals surface area contributed by atoms with Crippen LogP contribution in [0.5, 0.6) is 0 Å². The van der Waals surface area contributed by atoms with E-state index in [1.165, 1.54) is 7.11 Å². The van der Waals surface area contributed by atoms with Gasteiger partial charge in [-0.25, -0.2) is 5.09 Å². The summed E-state index contributed by atoms with van der Waals surface area (Å²) in [6.07, 6.45) is 0.554. The van der Waals surface area contributed by atoms with Gasteiger partial charge in [0.2, 0.25) is 0 Å². The number of carbonyl (C=O) groups excluding carboxylic acids is 1. The molecular formula is C17H28NO5P. The lowest BCUT2D eigenvalue weighted by Gasteiger charge is -2.28. The fraction of sp³-hybridized carbons (Fsp3) is 0.588. The second-order valence-corrected chi connectivity index (χ2v) is 8.15. The number of methoxy groups -OCH3 is 1. The first-order valence-electron chi connectivity index (χ1n) is 8.13. The first-order chi connectivity index (χ1) is 11.4. The summed E-state index contributed by atoms with van der Waals surface area (Å²) in [6.45, 7) is 6.21. The molecule has 1 aromatic rings. The molecule has 7 heteroatoms. The lowest BCUT2D eigenvalue weighted by Crippen LogP contribution is -2.30. The molecule has 2 atom stereocenters. The zero-order valence-corrected chi connectivity index (χ0v) is 15.8. The molecule has 0 fully saturated rings. The Kier molecular flexibility index (Phi) is 9.22. The molecule has 0 amide bonds. The second kappa shape index (κ2) is 10.6. The predicted octanol–water partition coefficient (Wildman–Crippen LogP) is 3.57. The monoisotopic (exact) mass is 357 g/mol. The van der Waals surface area contributed by atoms with E-state index in [-0.39, 0.29) is 19.1 Å². The minimum Gasteiger partial charge on any atom is -0.468 e. The molecule has 0 aliphatic heterocycles. The van der Waals surface area contributed by atoms with Gasteiger partial charge in [0.25, 0.3) is 7.52 Å². The molecule has 0 saturated carbocycles. The van der Waals surface area contributed by atoms with E-state index >= 15 is 0 Å². The molecule has 0 spiro atoms. The van der Waals surface area contributed by atoms with Crippen molar-refractivity contribution in [3.05, 3.63) is 35.9 Å². The summed E-state index contributed by atoms with van der Waals surface area (Å²) in [4.78, 5) is 11.4. The Morgan fingerprint density at radius 1 is 1.25 bits per heavy atom. The van der Waals surface area contributed by atoms with E-state index < -0.39 is 19.3 Å². The van der Waals surface area contributed by atoms with E-state index in [0.717, 1.165) is 5.56 Å². The minimum atomic E-state index is -3.36. The smallest absolute Gasteiger partial charge is 0.320 e. The average molecular weight is 357 g/mol. The van der Waals surface area contributed by atoms with Crippen molar-refractivity contribution in [1.29, 1.82) is 0 Å². The Balaban J connectivity index is 2.86. The topological polar surface area (TPSA) is 73.9 Å². The molecule has 0 radical (unpaired) electrons. The van der Waals surface area contributed by atoms with E-state index in [1.807, 2.05) is 44.2 Å². The third-order valence-corrected chi connectivity index (χ3v) is 5.69. The van der Waals surface area contributed by atoms with E-state index in [2.05, 4.69) is 9.82 Å². The third kappa shape index (κ3) is 7.14. The van der Waals surface area contributed by atoms with Crippen molar-refractivity contribution in [2.75, 3.05) is 20.3 Å². The van der Waals surface area contributed by atoms with Crippen LogP contribution in [-0.2, 0) is 30.0 Å². The zero-order chi connectivity index (χ0) is 18.0. The summed E-state index contributed by atoms with van der Waals surface area (Å²) >= 11 is 0.